The van der Waals surface area contributed by atoms with Gasteiger partial charge in [0.05, 0.1) is 13.2 Å². The molecule has 0 aromatic heterocycles. The molecule has 0 amide bonds. The summed E-state index contributed by atoms with van der Waals surface area (Å²) in [4.78, 5) is 45.4. The Labute approximate surface area is 122 Å². The molecule has 0 rings (SSSR count). The quantitative estimate of drug-likeness (QED) is 0.313. The van der Waals surface area contributed by atoms with E-state index in [4.69, 9.17) is 0 Å². The van der Waals surface area contributed by atoms with Gasteiger partial charge in [-0.05, 0) is 27.7 Å². The summed E-state index contributed by atoms with van der Waals surface area (Å²) in [6.45, 7) is 6.17. The lowest BCUT2D eigenvalue weighted by Crippen LogP contribution is -2.16. The summed E-state index contributed by atoms with van der Waals surface area (Å²) >= 11 is 0. The number of ether oxygens (including phenoxy) is 3. The number of esters is 4. The van der Waals surface area contributed by atoms with Gasteiger partial charge in [-0.3, -0.25) is 0 Å². The molecular weight excluding hydrogens is 280 g/mol. The predicted molar refractivity (Wildman–Crippen MR) is 71.9 cm³/mol. The number of carbonyl (C=O) groups excluding carboxylic acids is 4. The maximum Gasteiger partial charge on any atom is 0.341 e. The third-order valence-corrected chi connectivity index (χ3v) is 2.07. The minimum absolute atomic E-state index is 0.0919. The van der Waals surface area contributed by atoms with E-state index in [1.54, 1.807) is 13.8 Å². The van der Waals surface area contributed by atoms with Gasteiger partial charge in [-0.2, -0.15) is 0 Å². The van der Waals surface area contributed by atoms with Crippen LogP contribution in [0.5, 0.6) is 0 Å². The third-order valence-electron chi connectivity index (χ3n) is 2.07. The Morgan fingerprint density at radius 1 is 0.762 bits per heavy atom. The van der Waals surface area contributed by atoms with Crippen molar-refractivity contribution in [2.75, 3.05) is 13.2 Å². The molecule has 0 radical (unpaired) electrons. The zero-order chi connectivity index (χ0) is 16.4. The van der Waals surface area contributed by atoms with Crippen LogP contribution in [0.15, 0.2) is 23.3 Å². The summed E-state index contributed by atoms with van der Waals surface area (Å²) < 4.78 is 13.7. The van der Waals surface area contributed by atoms with Gasteiger partial charge in [0.25, 0.3) is 0 Å². The molecule has 0 aliphatic carbocycles. The van der Waals surface area contributed by atoms with E-state index in [1.165, 1.54) is 13.8 Å². The molecule has 0 saturated heterocycles. The minimum atomic E-state index is -0.996. The van der Waals surface area contributed by atoms with Gasteiger partial charge in [0.2, 0.25) is 0 Å². The van der Waals surface area contributed by atoms with Gasteiger partial charge in [0.1, 0.15) is 0 Å². The molecule has 0 spiro atoms. The van der Waals surface area contributed by atoms with E-state index < -0.39 is 23.9 Å². The van der Waals surface area contributed by atoms with Crippen LogP contribution in [-0.2, 0) is 33.4 Å². The van der Waals surface area contributed by atoms with Crippen molar-refractivity contribution < 1.29 is 33.4 Å². The topological polar surface area (TPSA) is 96.0 Å². The normalized spacial score (nSPS) is 11.6. The summed E-state index contributed by atoms with van der Waals surface area (Å²) in [5.41, 5.74) is -0.184. The molecule has 116 valence electrons. The fourth-order valence-electron chi connectivity index (χ4n) is 1.08. The Hall–Kier alpha value is -2.44. The largest absolute Gasteiger partial charge is 0.463 e. The summed E-state index contributed by atoms with van der Waals surface area (Å²) in [6, 6.07) is 0. The summed E-state index contributed by atoms with van der Waals surface area (Å²) in [6.07, 6.45) is 1.84. The van der Waals surface area contributed by atoms with Crippen LogP contribution in [-0.4, -0.2) is 37.1 Å². The average molecular weight is 298 g/mol. The fraction of sp³-hybridized carbons (Fsp3) is 0.429. The molecule has 0 aliphatic rings. The minimum Gasteiger partial charge on any atom is -0.463 e. The molecule has 0 aromatic rings. The molecule has 0 bridgehead atoms. The maximum atomic E-state index is 11.5. The Bertz CT molecular complexity index is 442. The van der Waals surface area contributed by atoms with Crippen molar-refractivity contribution in [1.82, 2.24) is 0 Å². The van der Waals surface area contributed by atoms with Gasteiger partial charge in [0.15, 0.2) is 0 Å². The number of carbonyl (C=O) groups is 4. The molecule has 7 nitrogen and oxygen atoms in total. The first-order valence-corrected chi connectivity index (χ1v) is 6.28. The van der Waals surface area contributed by atoms with Crippen molar-refractivity contribution in [1.29, 1.82) is 0 Å². The van der Waals surface area contributed by atoms with Crippen molar-refractivity contribution >= 4 is 23.9 Å². The van der Waals surface area contributed by atoms with Crippen molar-refractivity contribution in [2.24, 2.45) is 0 Å². The van der Waals surface area contributed by atoms with Gasteiger partial charge in [-0.1, -0.05) is 0 Å². The van der Waals surface area contributed by atoms with Crippen LogP contribution in [0.2, 0.25) is 0 Å². The van der Waals surface area contributed by atoms with Gasteiger partial charge in [-0.15, -0.1) is 0 Å². The van der Waals surface area contributed by atoms with Gasteiger partial charge in [0, 0.05) is 23.3 Å². The van der Waals surface area contributed by atoms with Crippen LogP contribution >= 0.6 is 0 Å². The molecule has 0 N–H and O–H groups in total. The second-order valence-electron chi connectivity index (χ2n) is 3.84. The van der Waals surface area contributed by atoms with Crippen LogP contribution in [0.25, 0.3) is 0 Å². The second-order valence-corrected chi connectivity index (χ2v) is 3.84. The van der Waals surface area contributed by atoms with Crippen LogP contribution in [0.3, 0.4) is 0 Å². The Kier molecular flexibility index (Phi) is 8.36. The second kappa shape index (κ2) is 9.46. The summed E-state index contributed by atoms with van der Waals surface area (Å²) in [5.74, 6) is -3.41. The van der Waals surface area contributed by atoms with Crippen molar-refractivity contribution in [2.45, 2.75) is 27.7 Å². The first-order valence-electron chi connectivity index (χ1n) is 6.28. The van der Waals surface area contributed by atoms with Crippen LogP contribution in [0.1, 0.15) is 27.7 Å². The highest BCUT2D eigenvalue weighted by atomic mass is 16.6. The van der Waals surface area contributed by atoms with Crippen molar-refractivity contribution in [3.05, 3.63) is 23.3 Å². The van der Waals surface area contributed by atoms with Crippen molar-refractivity contribution in [3.8, 4) is 0 Å². The van der Waals surface area contributed by atoms with E-state index in [1.807, 2.05) is 0 Å². The molecule has 0 aromatic carbocycles. The van der Waals surface area contributed by atoms with Gasteiger partial charge < -0.3 is 14.2 Å². The highest BCUT2D eigenvalue weighted by molar-refractivity contribution is 6.05. The van der Waals surface area contributed by atoms with E-state index in [0.29, 0.717) is 0 Å². The first kappa shape index (κ1) is 18.6. The molecule has 0 atom stereocenters. The standard InChI is InChI=1S/C14H18O7/c1-5-19-11(15)7-9(3)13(17)21-14(18)10(4)8-12(16)20-6-2/h7-8H,5-6H2,1-4H3. The molecule has 0 fully saturated rings. The van der Waals surface area contributed by atoms with E-state index in [-0.39, 0.29) is 24.4 Å². The fourth-order valence-corrected chi connectivity index (χ4v) is 1.08. The maximum absolute atomic E-state index is 11.5. The number of hydrogen-bond acceptors (Lipinski definition) is 7. The average Bonchev–Trinajstić information content (AvgIpc) is 2.38. The molecule has 21 heavy (non-hydrogen) atoms. The summed E-state index contributed by atoms with van der Waals surface area (Å²) in [7, 11) is 0. The highest BCUT2D eigenvalue weighted by Gasteiger charge is 2.16. The van der Waals surface area contributed by atoms with E-state index in [9.17, 15) is 19.2 Å². The van der Waals surface area contributed by atoms with Crippen LogP contribution < -0.4 is 0 Å². The molecule has 0 unspecified atom stereocenters. The third kappa shape index (κ3) is 7.66. The van der Waals surface area contributed by atoms with E-state index in [2.05, 4.69) is 14.2 Å². The Balaban J connectivity index is 4.67. The Morgan fingerprint density at radius 2 is 1.10 bits per heavy atom. The van der Waals surface area contributed by atoms with E-state index >= 15 is 0 Å². The Morgan fingerprint density at radius 3 is 1.38 bits per heavy atom. The SMILES string of the molecule is CCOC(=O)C=C(C)C(=O)OC(=O)C(C)=CC(=O)OCC. The van der Waals surface area contributed by atoms with Gasteiger partial charge >= 0.3 is 23.9 Å². The van der Waals surface area contributed by atoms with Gasteiger partial charge in [-0.25, -0.2) is 19.2 Å². The summed E-state index contributed by atoms with van der Waals surface area (Å²) in [5, 5.41) is 0. The van der Waals surface area contributed by atoms with Crippen LogP contribution in [0, 0.1) is 0 Å². The lowest BCUT2D eigenvalue weighted by atomic mass is 10.2. The molecule has 7 heteroatoms. The molecule has 0 saturated carbocycles. The molecular formula is C14H18O7. The van der Waals surface area contributed by atoms with E-state index in [0.717, 1.165) is 12.2 Å². The first-order chi connectivity index (χ1) is 9.81. The number of hydrogen-bond donors (Lipinski definition) is 0. The zero-order valence-electron chi connectivity index (χ0n) is 12.4. The highest BCUT2D eigenvalue weighted by Crippen LogP contribution is 2.03. The lowest BCUT2D eigenvalue weighted by molar-refractivity contribution is -0.154. The monoisotopic (exact) mass is 298 g/mol. The number of rotatable bonds is 6. The zero-order valence-corrected chi connectivity index (χ0v) is 12.4. The molecule has 0 aliphatic heterocycles. The predicted octanol–water partition coefficient (Wildman–Crippen LogP) is 1.08. The van der Waals surface area contributed by atoms with Crippen molar-refractivity contribution in [3.63, 3.8) is 0 Å². The molecule has 0 heterocycles. The smallest absolute Gasteiger partial charge is 0.341 e. The van der Waals surface area contributed by atoms with Crippen LogP contribution in [0.4, 0.5) is 0 Å². The lowest BCUT2D eigenvalue weighted by Gasteiger charge is -2.03.